The third-order valence-corrected chi connectivity index (χ3v) is 4.02. The fourth-order valence-corrected chi connectivity index (χ4v) is 2.83. The van der Waals surface area contributed by atoms with Gasteiger partial charge in [0.2, 0.25) is 0 Å². The fourth-order valence-electron chi connectivity index (χ4n) is 2.83. The van der Waals surface area contributed by atoms with Gasteiger partial charge >= 0.3 is 0 Å². The molecule has 0 bridgehead atoms. The molecule has 3 rings (SSSR count). The maximum Gasteiger partial charge on any atom is 0.265 e. The van der Waals surface area contributed by atoms with E-state index in [1.54, 1.807) is 0 Å². The SMILES string of the molecule is CCC1Oc2ccc(C(O)C3CCCN3)cc2NC1=O. The van der Waals surface area contributed by atoms with Crippen LogP contribution in [0, 0.1) is 0 Å². The smallest absolute Gasteiger partial charge is 0.265 e. The summed E-state index contributed by atoms with van der Waals surface area (Å²) in [5, 5.41) is 16.5. The molecular formula is C15H20N2O3. The van der Waals surface area contributed by atoms with Gasteiger partial charge in [0.05, 0.1) is 11.8 Å². The first-order chi connectivity index (χ1) is 9.69. The normalized spacial score (nSPS) is 26.6. The highest BCUT2D eigenvalue weighted by Gasteiger charge is 2.28. The Balaban J connectivity index is 1.82. The van der Waals surface area contributed by atoms with E-state index in [4.69, 9.17) is 4.74 Å². The van der Waals surface area contributed by atoms with Crippen LogP contribution in [0.5, 0.6) is 5.75 Å². The van der Waals surface area contributed by atoms with E-state index < -0.39 is 12.2 Å². The number of carbonyl (C=O) groups is 1. The molecule has 2 aliphatic heterocycles. The van der Waals surface area contributed by atoms with Gasteiger partial charge in [-0.1, -0.05) is 13.0 Å². The summed E-state index contributed by atoms with van der Waals surface area (Å²) < 4.78 is 5.64. The third-order valence-electron chi connectivity index (χ3n) is 4.02. The lowest BCUT2D eigenvalue weighted by molar-refractivity contribution is -0.123. The molecule has 3 unspecified atom stereocenters. The quantitative estimate of drug-likeness (QED) is 0.784. The number of nitrogens with one attached hydrogen (secondary N) is 2. The van der Waals surface area contributed by atoms with Crippen LogP contribution in [0.25, 0.3) is 0 Å². The fraction of sp³-hybridized carbons (Fsp3) is 0.533. The maximum absolute atomic E-state index is 11.8. The first kappa shape index (κ1) is 13.4. The van der Waals surface area contributed by atoms with E-state index in [1.165, 1.54) is 0 Å². The number of rotatable bonds is 3. The molecule has 1 aromatic rings. The first-order valence-corrected chi connectivity index (χ1v) is 7.22. The molecule has 5 nitrogen and oxygen atoms in total. The highest BCUT2D eigenvalue weighted by Crippen LogP contribution is 2.34. The van der Waals surface area contributed by atoms with Gasteiger partial charge in [-0.2, -0.15) is 0 Å². The lowest BCUT2D eigenvalue weighted by Gasteiger charge is -2.26. The van der Waals surface area contributed by atoms with Gasteiger partial charge in [0.25, 0.3) is 5.91 Å². The number of carbonyl (C=O) groups excluding carboxylic acids is 1. The molecule has 1 saturated heterocycles. The largest absolute Gasteiger partial charge is 0.478 e. The third kappa shape index (κ3) is 2.39. The van der Waals surface area contributed by atoms with Crippen molar-refractivity contribution < 1.29 is 14.6 Å². The van der Waals surface area contributed by atoms with Crippen LogP contribution in [0.4, 0.5) is 5.69 Å². The molecular weight excluding hydrogens is 256 g/mol. The molecule has 1 fully saturated rings. The molecule has 108 valence electrons. The van der Waals surface area contributed by atoms with Gasteiger partial charge in [-0.15, -0.1) is 0 Å². The van der Waals surface area contributed by atoms with Crippen LogP contribution in [0.15, 0.2) is 18.2 Å². The van der Waals surface area contributed by atoms with Crippen LogP contribution in [0.2, 0.25) is 0 Å². The summed E-state index contributed by atoms with van der Waals surface area (Å²) in [6.45, 7) is 2.86. The Morgan fingerprint density at radius 3 is 3.05 bits per heavy atom. The summed E-state index contributed by atoms with van der Waals surface area (Å²) in [6.07, 6.45) is 1.73. The lowest BCUT2D eigenvalue weighted by atomic mass is 9.99. The van der Waals surface area contributed by atoms with Crippen molar-refractivity contribution in [2.75, 3.05) is 11.9 Å². The highest BCUT2D eigenvalue weighted by atomic mass is 16.5. The van der Waals surface area contributed by atoms with Crippen LogP contribution in [0.1, 0.15) is 37.9 Å². The first-order valence-electron chi connectivity index (χ1n) is 7.22. The monoisotopic (exact) mass is 276 g/mol. The van der Waals surface area contributed by atoms with Gasteiger partial charge in [0.1, 0.15) is 5.75 Å². The summed E-state index contributed by atoms with van der Waals surface area (Å²) in [4.78, 5) is 11.8. The zero-order chi connectivity index (χ0) is 14.1. The number of benzene rings is 1. The predicted octanol–water partition coefficient (Wildman–Crippen LogP) is 1.58. The van der Waals surface area contributed by atoms with Gasteiger partial charge in [0, 0.05) is 6.04 Å². The minimum absolute atomic E-state index is 0.0941. The minimum Gasteiger partial charge on any atom is -0.478 e. The van der Waals surface area contributed by atoms with Crippen LogP contribution < -0.4 is 15.4 Å². The second-order valence-corrected chi connectivity index (χ2v) is 5.41. The van der Waals surface area contributed by atoms with Gasteiger partial charge in [0.15, 0.2) is 6.10 Å². The average Bonchev–Trinajstić information content (AvgIpc) is 2.99. The Labute approximate surface area is 118 Å². The summed E-state index contributed by atoms with van der Waals surface area (Å²) in [5.41, 5.74) is 1.45. The maximum atomic E-state index is 11.8. The van der Waals surface area contributed by atoms with Crippen LogP contribution >= 0.6 is 0 Å². The molecule has 0 aromatic heterocycles. The standard InChI is InChI=1S/C15H20N2O3/c1-2-12-15(19)17-11-8-9(5-6-13(11)20-12)14(18)10-4-3-7-16-10/h5-6,8,10,12,14,16,18H,2-4,7H2,1H3,(H,17,19). The number of hydrogen-bond acceptors (Lipinski definition) is 4. The number of anilines is 1. The topological polar surface area (TPSA) is 70.6 Å². The van der Waals surface area contributed by atoms with Crippen molar-refractivity contribution in [2.24, 2.45) is 0 Å². The Bertz CT molecular complexity index is 512. The molecule has 0 spiro atoms. The number of fused-ring (bicyclic) bond motifs is 1. The van der Waals surface area contributed by atoms with Crippen molar-refractivity contribution in [3.05, 3.63) is 23.8 Å². The molecule has 0 saturated carbocycles. The zero-order valence-electron chi connectivity index (χ0n) is 11.6. The Kier molecular flexibility index (Phi) is 3.63. The number of ether oxygens (including phenoxy) is 1. The van der Waals surface area contributed by atoms with E-state index in [0.717, 1.165) is 24.9 Å². The lowest BCUT2D eigenvalue weighted by Crippen LogP contribution is -2.36. The predicted molar refractivity (Wildman–Crippen MR) is 75.8 cm³/mol. The second-order valence-electron chi connectivity index (χ2n) is 5.41. The van der Waals surface area contributed by atoms with Crippen molar-refractivity contribution in [2.45, 2.75) is 44.4 Å². The van der Waals surface area contributed by atoms with Gasteiger partial charge < -0.3 is 20.5 Å². The minimum atomic E-state index is -0.552. The Hall–Kier alpha value is -1.59. The van der Waals surface area contributed by atoms with E-state index in [1.807, 2.05) is 25.1 Å². The van der Waals surface area contributed by atoms with Crippen molar-refractivity contribution in [1.82, 2.24) is 5.32 Å². The zero-order valence-corrected chi connectivity index (χ0v) is 11.6. The van der Waals surface area contributed by atoms with Crippen molar-refractivity contribution >= 4 is 11.6 Å². The molecule has 20 heavy (non-hydrogen) atoms. The Morgan fingerprint density at radius 1 is 1.50 bits per heavy atom. The summed E-state index contributed by atoms with van der Waals surface area (Å²) in [6, 6.07) is 5.60. The average molecular weight is 276 g/mol. The molecule has 2 heterocycles. The van der Waals surface area contributed by atoms with E-state index in [-0.39, 0.29) is 11.9 Å². The van der Waals surface area contributed by atoms with E-state index in [2.05, 4.69) is 10.6 Å². The molecule has 1 aromatic carbocycles. The number of amides is 1. The van der Waals surface area contributed by atoms with Crippen LogP contribution in [0.3, 0.4) is 0 Å². The van der Waals surface area contributed by atoms with Crippen LogP contribution in [-0.2, 0) is 4.79 Å². The number of aliphatic hydroxyl groups is 1. The number of aliphatic hydroxyl groups excluding tert-OH is 1. The highest BCUT2D eigenvalue weighted by molar-refractivity contribution is 5.97. The summed E-state index contributed by atoms with van der Waals surface area (Å²) in [7, 11) is 0. The van der Waals surface area contributed by atoms with Crippen molar-refractivity contribution in [1.29, 1.82) is 0 Å². The molecule has 5 heteroatoms. The van der Waals surface area contributed by atoms with Crippen molar-refractivity contribution in [3.63, 3.8) is 0 Å². The van der Waals surface area contributed by atoms with Gasteiger partial charge in [-0.05, 0) is 43.5 Å². The van der Waals surface area contributed by atoms with E-state index in [0.29, 0.717) is 17.9 Å². The number of hydrogen-bond donors (Lipinski definition) is 3. The summed E-state index contributed by atoms with van der Waals surface area (Å²) >= 11 is 0. The van der Waals surface area contributed by atoms with E-state index >= 15 is 0 Å². The second kappa shape index (κ2) is 5.42. The molecule has 1 amide bonds. The molecule has 2 aliphatic rings. The summed E-state index contributed by atoms with van der Waals surface area (Å²) in [5.74, 6) is 0.553. The molecule has 3 atom stereocenters. The molecule has 3 N–H and O–H groups in total. The Morgan fingerprint density at radius 2 is 2.35 bits per heavy atom. The van der Waals surface area contributed by atoms with Gasteiger partial charge in [-0.3, -0.25) is 4.79 Å². The van der Waals surface area contributed by atoms with Crippen molar-refractivity contribution in [3.8, 4) is 5.75 Å². The van der Waals surface area contributed by atoms with E-state index in [9.17, 15) is 9.90 Å². The van der Waals surface area contributed by atoms with Crippen LogP contribution in [-0.4, -0.2) is 29.7 Å². The molecule has 0 radical (unpaired) electrons. The van der Waals surface area contributed by atoms with Gasteiger partial charge in [-0.25, -0.2) is 0 Å². The molecule has 0 aliphatic carbocycles.